The van der Waals surface area contributed by atoms with Crippen LogP contribution in [0.4, 0.5) is 22.4 Å². The predicted molar refractivity (Wildman–Crippen MR) is 99.6 cm³/mol. The Bertz CT molecular complexity index is 869. The molecule has 0 aliphatic carbocycles. The van der Waals surface area contributed by atoms with Crippen molar-refractivity contribution in [3.8, 4) is 11.8 Å². The summed E-state index contributed by atoms with van der Waals surface area (Å²) in [6, 6.07) is -0.618. The number of hydrogen-bond donors (Lipinski definition) is 1. The fourth-order valence-electron chi connectivity index (χ4n) is 3.01. The molecule has 10 heteroatoms. The maximum absolute atomic E-state index is 13.8. The monoisotopic (exact) mass is 429 g/mol. The summed E-state index contributed by atoms with van der Waals surface area (Å²) >= 11 is 0. The van der Waals surface area contributed by atoms with Gasteiger partial charge >= 0.3 is 18.2 Å². The van der Waals surface area contributed by atoms with Crippen molar-refractivity contribution in [3.63, 3.8) is 0 Å². The Labute approximate surface area is 172 Å². The normalized spacial score (nSPS) is 17.7. The Morgan fingerprint density at radius 1 is 1.33 bits per heavy atom. The number of aromatic nitrogens is 1. The molecule has 164 valence electrons. The largest absolute Gasteiger partial charge is 0.471 e. The molecule has 2 atom stereocenters. The first kappa shape index (κ1) is 23.4. The lowest BCUT2D eigenvalue weighted by atomic mass is 10.0. The van der Waals surface area contributed by atoms with Crippen molar-refractivity contribution >= 4 is 12.0 Å². The molecule has 1 fully saturated rings. The van der Waals surface area contributed by atoms with Gasteiger partial charge in [-0.1, -0.05) is 5.92 Å². The molecule has 1 N–H and O–H groups in total. The topological polar surface area (TPSA) is 71.5 Å². The molecule has 0 radical (unpaired) electrons. The maximum atomic E-state index is 13.8. The number of ether oxygens (including phenoxy) is 1. The van der Waals surface area contributed by atoms with E-state index in [1.54, 1.807) is 27.7 Å². The van der Waals surface area contributed by atoms with Gasteiger partial charge in [-0.05, 0) is 52.5 Å². The molecule has 2 heterocycles. The van der Waals surface area contributed by atoms with Crippen molar-refractivity contribution < 1.29 is 31.9 Å². The van der Waals surface area contributed by atoms with Gasteiger partial charge in [-0.2, -0.15) is 13.2 Å². The van der Waals surface area contributed by atoms with Crippen LogP contribution in [0.5, 0.6) is 0 Å². The number of rotatable bonds is 2. The third kappa shape index (κ3) is 6.34. The molecule has 0 aromatic carbocycles. The third-order valence-corrected chi connectivity index (χ3v) is 4.14. The summed E-state index contributed by atoms with van der Waals surface area (Å²) in [5.74, 6) is 2.64. The first-order chi connectivity index (χ1) is 13.8. The summed E-state index contributed by atoms with van der Waals surface area (Å²) in [7, 11) is 0. The van der Waals surface area contributed by atoms with Crippen LogP contribution in [-0.4, -0.2) is 46.2 Å². The summed E-state index contributed by atoms with van der Waals surface area (Å²) in [5, 5.41) is 2.50. The molecule has 1 aliphatic heterocycles. The average Bonchev–Trinajstić information content (AvgIpc) is 3.06. The molecule has 6 nitrogen and oxygen atoms in total. The van der Waals surface area contributed by atoms with Crippen molar-refractivity contribution in [1.82, 2.24) is 15.2 Å². The number of carbonyl (C=O) groups is 2. The molecule has 1 unspecified atom stereocenters. The molecule has 0 spiro atoms. The van der Waals surface area contributed by atoms with Crippen LogP contribution in [0.3, 0.4) is 0 Å². The van der Waals surface area contributed by atoms with Gasteiger partial charge in [0.2, 0.25) is 0 Å². The lowest BCUT2D eigenvalue weighted by Gasteiger charge is -2.26. The van der Waals surface area contributed by atoms with Crippen LogP contribution < -0.4 is 5.32 Å². The summed E-state index contributed by atoms with van der Waals surface area (Å²) < 4.78 is 57.6. The highest BCUT2D eigenvalue weighted by Crippen LogP contribution is 2.36. The van der Waals surface area contributed by atoms with E-state index >= 15 is 0 Å². The maximum Gasteiger partial charge on any atom is 0.471 e. The number of alkyl halides is 3. The molecule has 1 aromatic rings. The minimum Gasteiger partial charge on any atom is -0.444 e. The minimum absolute atomic E-state index is 0.0427. The molecule has 1 saturated heterocycles. The van der Waals surface area contributed by atoms with Gasteiger partial charge in [0.25, 0.3) is 0 Å². The van der Waals surface area contributed by atoms with Crippen molar-refractivity contribution in [1.29, 1.82) is 0 Å². The summed E-state index contributed by atoms with van der Waals surface area (Å²) in [4.78, 5) is 28.1. The number of likely N-dealkylation sites (tertiary alicyclic amines) is 1. The number of nitrogens with one attached hydrogen (secondary N) is 1. The SMILES string of the molecule is C[C@H](C#Cc1ncc(F)cc1C1CCCN1C(=O)C(F)(F)F)NC(=O)OC(C)(C)C. The fraction of sp³-hybridized carbons (Fsp3) is 0.550. The highest BCUT2D eigenvalue weighted by Gasteiger charge is 2.46. The fourth-order valence-corrected chi connectivity index (χ4v) is 3.01. The Balaban J connectivity index is 2.25. The van der Waals surface area contributed by atoms with Crippen molar-refractivity contribution in [2.24, 2.45) is 0 Å². The second kappa shape index (κ2) is 8.90. The smallest absolute Gasteiger partial charge is 0.444 e. The van der Waals surface area contributed by atoms with Gasteiger partial charge in [0, 0.05) is 12.1 Å². The lowest BCUT2D eigenvalue weighted by Crippen LogP contribution is -2.40. The number of carbonyl (C=O) groups excluding carboxylic acids is 2. The molecule has 30 heavy (non-hydrogen) atoms. The van der Waals surface area contributed by atoms with Crippen molar-refractivity contribution in [3.05, 3.63) is 29.3 Å². The van der Waals surface area contributed by atoms with Crippen LogP contribution in [0.15, 0.2) is 12.3 Å². The summed E-state index contributed by atoms with van der Waals surface area (Å²) in [5.41, 5.74) is -0.553. The molecule has 2 amide bonds. The zero-order valence-electron chi connectivity index (χ0n) is 17.1. The quantitative estimate of drug-likeness (QED) is 0.575. The number of nitrogens with zero attached hydrogens (tertiary/aromatic N) is 2. The van der Waals surface area contributed by atoms with Crippen LogP contribution >= 0.6 is 0 Å². The van der Waals surface area contributed by atoms with Crippen LogP contribution in [-0.2, 0) is 9.53 Å². The Morgan fingerprint density at radius 2 is 2.00 bits per heavy atom. The zero-order chi connectivity index (χ0) is 22.7. The van der Waals surface area contributed by atoms with E-state index in [1.807, 2.05) is 0 Å². The zero-order valence-corrected chi connectivity index (χ0v) is 17.1. The van der Waals surface area contributed by atoms with Crippen LogP contribution in [0.1, 0.15) is 57.8 Å². The second-order valence-corrected chi connectivity index (χ2v) is 7.88. The first-order valence-corrected chi connectivity index (χ1v) is 9.32. The van der Waals surface area contributed by atoms with Gasteiger partial charge in [0.15, 0.2) is 0 Å². The van der Waals surface area contributed by atoms with Gasteiger partial charge in [-0.25, -0.2) is 14.2 Å². The van der Waals surface area contributed by atoms with Gasteiger partial charge < -0.3 is 15.0 Å². The molecule has 2 rings (SSSR count). The Kier molecular flexibility index (Phi) is 6.95. The minimum atomic E-state index is -5.03. The number of alkyl carbamates (subject to hydrolysis) is 1. The van der Waals surface area contributed by atoms with E-state index in [0.717, 1.165) is 12.3 Å². The molecular formula is C20H23F4N3O3. The highest BCUT2D eigenvalue weighted by atomic mass is 19.4. The Morgan fingerprint density at radius 3 is 2.60 bits per heavy atom. The standard InChI is InChI=1S/C20H23F4N3O3/c1-12(26-18(29)30-19(2,3)4)7-8-15-14(10-13(21)11-25-15)16-6-5-9-27(16)17(28)20(22,23)24/h10-12,16H,5-6,9H2,1-4H3,(H,26,29)/t12-,16?/m1/s1. The van der Waals surface area contributed by atoms with E-state index in [-0.39, 0.29) is 24.2 Å². The Hall–Kier alpha value is -2.83. The van der Waals surface area contributed by atoms with E-state index in [9.17, 15) is 27.2 Å². The molecule has 1 aromatic heterocycles. The van der Waals surface area contributed by atoms with Gasteiger partial charge in [0.1, 0.15) is 17.1 Å². The molecule has 0 bridgehead atoms. The van der Waals surface area contributed by atoms with Crippen molar-refractivity contribution in [2.75, 3.05) is 6.54 Å². The van der Waals surface area contributed by atoms with Crippen molar-refractivity contribution in [2.45, 2.75) is 64.4 Å². The number of pyridine rings is 1. The third-order valence-electron chi connectivity index (χ3n) is 4.14. The summed E-state index contributed by atoms with van der Waals surface area (Å²) in [6.45, 7) is 6.59. The van der Waals surface area contributed by atoms with Crippen LogP contribution in [0.25, 0.3) is 0 Å². The van der Waals surface area contributed by atoms with E-state index in [2.05, 4.69) is 22.1 Å². The van der Waals surface area contributed by atoms with Gasteiger partial charge in [-0.15, -0.1) is 0 Å². The van der Waals surface area contributed by atoms with Gasteiger partial charge in [0.05, 0.1) is 18.3 Å². The highest BCUT2D eigenvalue weighted by molar-refractivity contribution is 5.82. The number of hydrogen-bond acceptors (Lipinski definition) is 4. The second-order valence-electron chi connectivity index (χ2n) is 7.88. The average molecular weight is 429 g/mol. The van der Waals surface area contributed by atoms with Crippen LogP contribution in [0, 0.1) is 17.7 Å². The molecular weight excluding hydrogens is 406 g/mol. The van der Waals surface area contributed by atoms with E-state index < -0.39 is 41.7 Å². The number of halogens is 4. The molecule has 0 saturated carbocycles. The number of amides is 2. The summed E-state index contributed by atoms with van der Waals surface area (Å²) in [6.07, 6.45) is -4.25. The lowest BCUT2D eigenvalue weighted by molar-refractivity contribution is -0.186. The van der Waals surface area contributed by atoms with E-state index in [4.69, 9.17) is 4.74 Å². The van der Waals surface area contributed by atoms with Gasteiger partial charge in [-0.3, -0.25) is 4.79 Å². The molecule has 1 aliphatic rings. The van der Waals surface area contributed by atoms with E-state index in [0.29, 0.717) is 11.3 Å². The van der Waals surface area contributed by atoms with E-state index in [1.165, 1.54) is 0 Å². The van der Waals surface area contributed by atoms with Crippen LogP contribution in [0.2, 0.25) is 0 Å². The predicted octanol–water partition coefficient (Wildman–Crippen LogP) is 3.71. The first-order valence-electron chi connectivity index (χ1n) is 9.32.